The third-order valence-electron chi connectivity index (χ3n) is 3.68. The minimum atomic E-state index is -0.113. The first-order valence-electron chi connectivity index (χ1n) is 7.52. The largest absolute Gasteiger partial charge is 0.299 e. The topological polar surface area (TPSA) is 60.2 Å². The van der Waals surface area contributed by atoms with Gasteiger partial charge in [0, 0.05) is 18.7 Å². The van der Waals surface area contributed by atoms with Gasteiger partial charge in [-0.1, -0.05) is 49.0 Å². The molecule has 2 rings (SSSR count). The molecule has 124 valence electrons. The Morgan fingerprint density at radius 3 is 2.65 bits per heavy atom. The van der Waals surface area contributed by atoms with Crippen LogP contribution in [0.1, 0.15) is 26.3 Å². The van der Waals surface area contributed by atoms with Gasteiger partial charge in [-0.3, -0.25) is 14.2 Å². The van der Waals surface area contributed by atoms with E-state index in [0.29, 0.717) is 0 Å². The maximum absolute atomic E-state index is 11.9. The van der Waals surface area contributed by atoms with Crippen molar-refractivity contribution in [1.82, 2.24) is 19.8 Å². The van der Waals surface area contributed by atoms with Crippen LogP contribution >= 0.6 is 11.8 Å². The van der Waals surface area contributed by atoms with Crippen molar-refractivity contribution in [1.29, 1.82) is 0 Å². The van der Waals surface area contributed by atoms with Gasteiger partial charge in [0.15, 0.2) is 11.0 Å². The number of nitrogens with zero attached hydrogens (tertiary/aromatic N) is 4. The maximum Gasteiger partial charge on any atom is 0.256 e. The Kier molecular flexibility index (Phi) is 6.18. The lowest BCUT2D eigenvalue weighted by molar-refractivity contribution is -0.165. The molecule has 7 heteroatoms. The van der Waals surface area contributed by atoms with Gasteiger partial charge in [0.25, 0.3) is 5.91 Å². The average Bonchev–Trinajstić information content (AvgIpc) is 3.02. The lowest BCUT2D eigenvalue weighted by Crippen LogP contribution is -2.27. The fraction of sp³-hybridized carbons (Fsp3) is 0.438. The van der Waals surface area contributed by atoms with Crippen LogP contribution in [-0.4, -0.2) is 45.6 Å². The fourth-order valence-corrected chi connectivity index (χ4v) is 3.00. The van der Waals surface area contributed by atoms with Crippen LogP contribution in [0.25, 0.3) is 11.4 Å². The lowest BCUT2D eigenvalue weighted by Gasteiger charge is -2.17. The van der Waals surface area contributed by atoms with Gasteiger partial charge in [0.2, 0.25) is 0 Å². The van der Waals surface area contributed by atoms with Crippen LogP contribution in [0.15, 0.2) is 35.5 Å². The average molecular weight is 334 g/mol. The molecule has 0 radical (unpaired) electrons. The number of carbonyl (C=O) groups is 1. The van der Waals surface area contributed by atoms with Gasteiger partial charge in [0.1, 0.15) is 0 Å². The van der Waals surface area contributed by atoms with E-state index in [1.807, 2.05) is 30.3 Å². The molecule has 1 aromatic carbocycles. The predicted molar refractivity (Wildman–Crippen MR) is 91.0 cm³/mol. The zero-order valence-corrected chi connectivity index (χ0v) is 14.7. The fourth-order valence-electron chi connectivity index (χ4n) is 2.06. The zero-order chi connectivity index (χ0) is 16.8. The second-order valence-corrected chi connectivity index (χ2v) is 6.10. The first-order valence-corrected chi connectivity index (χ1v) is 8.50. The first kappa shape index (κ1) is 17.5. The molecular formula is C16H22N4O2S. The number of hydrogen-bond acceptors (Lipinski definition) is 5. The second-order valence-electron chi connectivity index (χ2n) is 5.16. The maximum atomic E-state index is 11.9. The summed E-state index contributed by atoms with van der Waals surface area (Å²) in [6.07, 6.45) is 0.956. The standard InChI is InChI=1S/C16H22N4O2S/c1-5-12(2)20-15(13-9-7-6-8-10-13)17-18-16(20)23-11-14(21)19(3)22-4/h6-10,12H,5,11H2,1-4H3/t12-/m0/s1. The molecule has 0 saturated carbocycles. The van der Waals surface area contributed by atoms with E-state index < -0.39 is 0 Å². The lowest BCUT2D eigenvalue weighted by atomic mass is 10.2. The number of aromatic nitrogens is 3. The number of benzene rings is 1. The Labute approximate surface area is 140 Å². The van der Waals surface area contributed by atoms with E-state index in [0.717, 1.165) is 23.0 Å². The Morgan fingerprint density at radius 2 is 2.04 bits per heavy atom. The van der Waals surface area contributed by atoms with Crippen LogP contribution in [0.3, 0.4) is 0 Å². The van der Waals surface area contributed by atoms with E-state index in [2.05, 4.69) is 28.6 Å². The van der Waals surface area contributed by atoms with Crippen molar-refractivity contribution in [2.45, 2.75) is 31.5 Å². The number of thioether (sulfide) groups is 1. The summed E-state index contributed by atoms with van der Waals surface area (Å²) >= 11 is 1.38. The van der Waals surface area contributed by atoms with Crippen LogP contribution in [-0.2, 0) is 9.63 Å². The SMILES string of the molecule is CC[C@H](C)n1c(SCC(=O)N(C)OC)nnc1-c1ccccc1. The molecular weight excluding hydrogens is 312 g/mol. The van der Waals surface area contributed by atoms with Crippen molar-refractivity contribution in [2.75, 3.05) is 19.9 Å². The molecule has 1 atom stereocenters. The van der Waals surface area contributed by atoms with Crippen LogP contribution < -0.4 is 0 Å². The molecule has 1 amide bonds. The molecule has 0 spiro atoms. The molecule has 0 aliphatic heterocycles. The molecule has 0 unspecified atom stereocenters. The van der Waals surface area contributed by atoms with E-state index in [4.69, 9.17) is 4.84 Å². The highest BCUT2D eigenvalue weighted by Gasteiger charge is 2.19. The highest BCUT2D eigenvalue weighted by molar-refractivity contribution is 7.99. The summed E-state index contributed by atoms with van der Waals surface area (Å²) in [6.45, 7) is 4.25. The smallest absolute Gasteiger partial charge is 0.256 e. The van der Waals surface area contributed by atoms with Gasteiger partial charge in [0.05, 0.1) is 12.9 Å². The van der Waals surface area contributed by atoms with Crippen molar-refractivity contribution < 1.29 is 9.63 Å². The third-order valence-corrected chi connectivity index (χ3v) is 4.61. The van der Waals surface area contributed by atoms with Gasteiger partial charge in [-0.25, -0.2) is 5.06 Å². The Bertz CT molecular complexity index is 645. The normalized spacial score (nSPS) is 12.2. The molecule has 6 nitrogen and oxygen atoms in total. The molecule has 0 bridgehead atoms. The van der Waals surface area contributed by atoms with Crippen LogP contribution in [0, 0.1) is 0 Å². The number of amides is 1. The molecule has 0 fully saturated rings. The summed E-state index contributed by atoms with van der Waals surface area (Å²) in [7, 11) is 3.06. The Morgan fingerprint density at radius 1 is 1.35 bits per heavy atom. The van der Waals surface area contributed by atoms with Crippen LogP contribution in [0.5, 0.6) is 0 Å². The number of carbonyl (C=O) groups excluding carboxylic acids is 1. The second kappa shape index (κ2) is 8.12. The van der Waals surface area contributed by atoms with Gasteiger partial charge >= 0.3 is 0 Å². The minimum Gasteiger partial charge on any atom is -0.299 e. The van der Waals surface area contributed by atoms with Crippen molar-refractivity contribution in [3.63, 3.8) is 0 Å². The van der Waals surface area contributed by atoms with Crippen molar-refractivity contribution in [3.8, 4) is 11.4 Å². The van der Waals surface area contributed by atoms with Crippen LogP contribution in [0.4, 0.5) is 0 Å². The van der Waals surface area contributed by atoms with E-state index in [1.165, 1.54) is 23.9 Å². The molecule has 2 aromatic rings. The van der Waals surface area contributed by atoms with Gasteiger partial charge in [-0.05, 0) is 13.3 Å². The first-order chi connectivity index (χ1) is 11.1. The van der Waals surface area contributed by atoms with E-state index in [1.54, 1.807) is 7.05 Å². The summed E-state index contributed by atoms with van der Waals surface area (Å²) < 4.78 is 2.10. The molecule has 23 heavy (non-hydrogen) atoms. The minimum absolute atomic E-state index is 0.113. The molecule has 0 N–H and O–H groups in total. The van der Waals surface area contributed by atoms with Gasteiger partial charge in [-0.2, -0.15) is 0 Å². The summed E-state index contributed by atoms with van der Waals surface area (Å²) in [5.41, 5.74) is 1.02. The number of hydrogen-bond donors (Lipinski definition) is 0. The molecule has 0 aliphatic rings. The van der Waals surface area contributed by atoms with Crippen molar-refractivity contribution in [2.24, 2.45) is 0 Å². The summed E-state index contributed by atoms with van der Waals surface area (Å²) in [6, 6.07) is 10.2. The van der Waals surface area contributed by atoms with Gasteiger partial charge in [-0.15, -0.1) is 10.2 Å². The van der Waals surface area contributed by atoms with E-state index in [9.17, 15) is 4.79 Å². The highest BCUT2D eigenvalue weighted by Crippen LogP contribution is 2.29. The monoisotopic (exact) mass is 334 g/mol. The number of hydroxylamine groups is 2. The van der Waals surface area contributed by atoms with Gasteiger partial charge < -0.3 is 0 Å². The predicted octanol–water partition coefficient (Wildman–Crippen LogP) is 3.03. The molecule has 0 aliphatic carbocycles. The van der Waals surface area contributed by atoms with Crippen molar-refractivity contribution in [3.05, 3.63) is 30.3 Å². The Balaban J connectivity index is 2.27. The quantitative estimate of drug-likeness (QED) is 0.575. The summed E-state index contributed by atoms with van der Waals surface area (Å²) in [4.78, 5) is 16.8. The zero-order valence-electron chi connectivity index (χ0n) is 13.9. The number of rotatable bonds is 7. The summed E-state index contributed by atoms with van der Waals surface area (Å²) in [5, 5.41) is 10.6. The molecule has 1 aromatic heterocycles. The molecule has 0 saturated heterocycles. The Hall–Kier alpha value is -1.86. The van der Waals surface area contributed by atoms with Crippen LogP contribution in [0.2, 0.25) is 0 Å². The third kappa shape index (κ3) is 4.11. The van der Waals surface area contributed by atoms with E-state index >= 15 is 0 Å². The van der Waals surface area contributed by atoms with Crippen molar-refractivity contribution >= 4 is 17.7 Å². The summed E-state index contributed by atoms with van der Waals surface area (Å²) in [5.74, 6) is 0.973. The highest BCUT2D eigenvalue weighted by atomic mass is 32.2. The van der Waals surface area contributed by atoms with E-state index in [-0.39, 0.29) is 17.7 Å². The molecule has 1 heterocycles.